The van der Waals surface area contributed by atoms with Gasteiger partial charge in [-0.05, 0) is 60.5 Å². The summed E-state index contributed by atoms with van der Waals surface area (Å²) in [6.07, 6.45) is 1.79. The number of benzene rings is 4. The van der Waals surface area contributed by atoms with Gasteiger partial charge < -0.3 is 14.8 Å². The lowest BCUT2D eigenvalue weighted by molar-refractivity contribution is -0.113. The van der Waals surface area contributed by atoms with Gasteiger partial charge in [-0.25, -0.2) is 4.99 Å². The number of anilines is 1. The SMILES string of the molecule is COc1ccc(C=c2sc3n(c2=O)[C@H](c2ccccc2)C(C(=O)Nc2ccccc2)=C(C)N=3)cc1COc1c(Cl)cc(Cl)cc1Cl. The molecule has 46 heavy (non-hydrogen) atoms. The van der Waals surface area contributed by atoms with Gasteiger partial charge in [0, 0.05) is 16.3 Å². The number of halogens is 3. The van der Waals surface area contributed by atoms with Crippen LogP contribution in [0.2, 0.25) is 15.1 Å². The van der Waals surface area contributed by atoms with Crippen molar-refractivity contribution in [3.8, 4) is 11.5 Å². The third-order valence-electron chi connectivity index (χ3n) is 7.35. The molecule has 0 bridgehead atoms. The molecule has 0 saturated carbocycles. The van der Waals surface area contributed by atoms with E-state index in [-0.39, 0.29) is 28.1 Å². The van der Waals surface area contributed by atoms with E-state index in [2.05, 4.69) is 5.32 Å². The first kappa shape index (κ1) is 31.6. The number of rotatable bonds is 8. The van der Waals surface area contributed by atoms with Gasteiger partial charge in [-0.15, -0.1) is 0 Å². The van der Waals surface area contributed by atoms with Crippen LogP contribution in [0, 0.1) is 0 Å². The number of hydrogen-bond donors (Lipinski definition) is 1. The van der Waals surface area contributed by atoms with Gasteiger partial charge in [-0.1, -0.05) is 101 Å². The molecule has 1 aromatic heterocycles. The number of fused-ring (bicyclic) bond motifs is 1. The molecule has 232 valence electrons. The summed E-state index contributed by atoms with van der Waals surface area (Å²) >= 11 is 19.9. The summed E-state index contributed by atoms with van der Waals surface area (Å²) < 4.78 is 13.6. The summed E-state index contributed by atoms with van der Waals surface area (Å²) in [6.45, 7) is 1.89. The molecule has 2 heterocycles. The van der Waals surface area contributed by atoms with E-state index in [9.17, 15) is 9.59 Å². The van der Waals surface area contributed by atoms with E-state index in [1.54, 1.807) is 42.9 Å². The van der Waals surface area contributed by atoms with Crippen LogP contribution >= 0.6 is 46.1 Å². The predicted octanol–water partition coefficient (Wildman–Crippen LogP) is 7.42. The minimum absolute atomic E-state index is 0.0975. The van der Waals surface area contributed by atoms with Gasteiger partial charge in [-0.2, -0.15) is 0 Å². The standard InChI is InChI=1S/C35H26Cl3N3O4S/c1-20-30(33(42)40-25-11-7-4-8-12-25)31(22-9-5-3-6-10-22)41-34(43)29(46-35(41)39-20)16-21-13-14-28(44-2)23(15-21)19-45-32-26(37)17-24(36)18-27(32)38/h3-18,31H,19H2,1-2H3,(H,40,42)/t31-/m1/s1. The van der Waals surface area contributed by atoms with Crippen molar-refractivity contribution in [2.45, 2.75) is 19.6 Å². The summed E-state index contributed by atoms with van der Waals surface area (Å²) in [4.78, 5) is 33.0. The molecule has 11 heteroatoms. The highest BCUT2D eigenvalue weighted by atomic mass is 35.5. The van der Waals surface area contributed by atoms with Crippen molar-refractivity contribution >= 4 is 63.8 Å². The third-order valence-corrected chi connectivity index (χ3v) is 9.11. The summed E-state index contributed by atoms with van der Waals surface area (Å²) in [6, 6.07) is 26.6. The Morgan fingerprint density at radius 2 is 1.65 bits per heavy atom. The molecular formula is C35H26Cl3N3O4S. The van der Waals surface area contributed by atoms with Crippen LogP contribution in [0.1, 0.15) is 29.7 Å². The first-order valence-corrected chi connectivity index (χ1v) is 16.1. The third kappa shape index (κ3) is 6.48. The van der Waals surface area contributed by atoms with Crippen LogP contribution in [0.25, 0.3) is 6.08 Å². The topological polar surface area (TPSA) is 81.9 Å². The van der Waals surface area contributed by atoms with Crippen molar-refractivity contribution in [2.24, 2.45) is 4.99 Å². The lowest BCUT2D eigenvalue weighted by atomic mass is 9.95. The molecule has 1 N–H and O–H groups in total. The largest absolute Gasteiger partial charge is 0.496 e. The molecule has 0 radical (unpaired) electrons. The molecule has 1 aliphatic rings. The number of hydrogen-bond acceptors (Lipinski definition) is 6. The first-order chi connectivity index (χ1) is 22.2. The molecule has 7 nitrogen and oxygen atoms in total. The lowest BCUT2D eigenvalue weighted by Crippen LogP contribution is -2.40. The highest BCUT2D eigenvalue weighted by Crippen LogP contribution is 2.37. The number of carbonyl (C=O) groups is 1. The molecule has 5 aromatic rings. The second kappa shape index (κ2) is 13.6. The van der Waals surface area contributed by atoms with Crippen LogP contribution in [0.4, 0.5) is 5.69 Å². The molecule has 0 spiro atoms. The average molecular weight is 691 g/mol. The van der Waals surface area contributed by atoms with Crippen LogP contribution in [-0.2, 0) is 11.4 Å². The number of para-hydroxylation sites is 1. The van der Waals surface area contributed by atoms with Crippen LogP contribution in [0.3, 0.4) is 0 Å². The normalized spacial score (nSPS) is 14.5. The minimum Gasteiger partial charge on any atom is -0.496 e. The second-order valence-electron chi connectivity index (χ2n) is 10.4. The number of ether oxygens (including phenoxy) is 2. The van der Waals surface area contributed by atoms with Crippen molar-refractivity contribution in [2.75, 3.05) is 12.4 Å². The van der Waals surface area contributed by atoms with E-state index in [1.807, 2.05) is 72.8 Å². The van der Waals surface area contributed by atoms with E-state index in [0.29, 0.717) is 48.4 Å². The van der Waals surface area contributed by atoms with Crippen molar-refractivity contribution in [1.29, 1.82) is 0 Å². The monoisotopic (exact) mass is 689 g/mol. The maximum Gasteiger partial charge on any atom is 0.271 e. The zero-order chi connectivity index (χ0) is 32.4. The summed E-state index contributed by atoms with van der Waals surface area (Å²) in [7, 11) is 1.57. The van der Waals surface area contributed by atoms with Crippen LogP contribution < -0.4 is 29.7 Å². The van der Waals surface area contributed by atoms with Gasteiger partial charge in [0.05, 0.1) is 39.0 Å². The fourth-order valence-corrected chi connectivity index (χ4v) is 7.22. The van der Waals surface area contributed by atoms with Crippen LogP contribution in [0.15, 0.2) is 112 Å². The Bertz CT molecular complexity index is 2140. The van der Waals surface area contributed by atoms with Crippen molar-refractivity contribution in [3.05, 3.63) is 154 Å². The number of carbonyl (C=O) groups excluding carboxylic acids is 1. The Morgan fingerprint density at radius 3 is 2.33 bits per heavy atom. The number of methoxy groups -OCH3 is 1. The zero-order valence-corrected chi connectivity index (χ0v) is 27.7. The Labute approximate surface area is 283 Å². The molecule has 0 saturated heterocycles. The van der Waals surface area contributed by atoms with Crippen LogP contribution in [-0.4, -0.2) is 17.6 Å². The molecule has 0 unspecified atom stereocenters. The van der Waals surface area contributed by atoms with Gasteiger partial charge in [0.1, 0.15) is 12.4 Å². The van der Waals surface area contributed by atoms with Gasteiger partial charge in [0.2, 0.25) is 0 Å². The number of nitrogens with zero attached hydrogens (tertiary/aromatic N) is 2. The van der Waals surface area contributed by atoms with E-state index in [4.69, 9.17) is 49.3 Å². The summed E-state index contributed by atoms with van der Waals surface area (Å²) in [5.41, 5.74) is 3.58. The summed E-state index contributed by atoms with van der Waals surface area (Å²) in [5, 5.41) is 3.94. The smallest absolute Gasteiger partial charge is 0.271 e. The van der Waals surface area contributed by atoms with Crippen molar-refractivity contribution in [1.82, 2.24) is 4.57 Å². The molecular weight excluding hydrogens is 665 g/mol. The maximum absolute atomic E-state index is 14.1. The number of nitrogens with one attached hydrogen (secondary N) is 1. The average Bonchev–Trinajstić information content (AvgIpc) is 3.34. The molecule has 6 rings (SSSR count). The highest BCUT2D eigenvalue weighted by Gasteiger charge is 2.32. The fourth-order valence-electron chi connectivity index (χ4n) is 5.25. The first-order valence-electron chi connectivity index (χ1n) is 14.1. The van der Waals surface area contributed by atoms with E-state index >= 15 is 0 Å². The second-order valence-corrected chi connectivity index (χ2v) is 12.6. The molecule has 0 fully saturated rings. The molecule has 1 atom stereocenters. The number of aromatic nitrogens is 1. The van der Waals surface area contributed by atoms with E-state index in [0.717, 1.165) is 11.1 Å². The number of thiazole rings is 1. The molecule has 0 aliphatic carbocycles. The number of allylic oxidation sites excluding steroid dienone is 1. The Kier molecular flexibility index (Phi) is 9.33. The maximum atomic E-state index is 14.1. The van der Waals surface area contributed by atoms with Gasteiger partial charge in [-0.3, -0.25) is 14.2 Å². The number of amides is 1. The van der Waals surface area contributed by atoms with Crippen LogP contribution in [0.5, 0.6) is 11.5 Å². The highest BCUT2D eigenvalue weighted by molar-refractivity contribution is 7.07. The van der Waals surface area contributed by atoms with Crippen molar-refractivity contribution < 1.29 is 14.3 Å². The van der Waals surface area contributed by atoms with Gasteiger partial charge in [0.15, 0.2) is 10.6 Å². The molecule has 4 aromatic carbocycles. The van der Waals surface area contributed by atoms with Gasteiger partial charge in [0.25, 0.3) is 11.5 Å². The van der Waals surface area contributed by atoms with E-state index in [1.165, 1.54) is 11.3 Å². The summed E-state index contributed by atoms with van der Waals surface area (Å²) in [5.74, 6) is 0.571. The van der Waals surface area contributed by atoms with Crippen molar-refractivity contribution in [3.63, 3.8) is 0 Å². The Balaban J connectivity index is 1.39. The molecule has 1 aliphatic heterocycles. The quantitative estimate of drug-likeness (QED) is 0.184. The van der Waals surface area contributed by atoms with E-state index < -0.39 is 6.04 Å². The Hall–Kier alpha value is -4.34. The zero-order valence-electron chi connectivity index (χ0n) is 24.6. The Morgan fingerprint density at radius 1 is 0.978 bits per heavy atom. The minimum atomic E-state index is -0.669. The molecule has 1 amide bonds. The lowest BCUT2D eigenvalue weighted by Gasteiger charge is -2.25. The van der Waals surface area contributed by atoms with Gasteiger partial charge >= 0.3 is 0 Å². The fraction of sp³-hybridized carbons (Fsp3) is 0.114. The predicted molar refractivity (Wildman–Crippen MR) is 184 cm³/mol.